The predicted molar refractivity (Wildman–Crippen MR) is 47.0 cm³/mol. The van der Waals surface area contributed by atoms with Gasteiger partial charge in [0.15, 0.2) is 0 Å². The van der Waals surface area contributed by atoms with Gasteiger partial charge in [0.05, 0.1) is 5.69 Å². The summed E-state index contributed by atoms with van der Waals surface area (Å²) in [6, 6.07) is 3.85. The Labute approximate surface area is 76.4 Å². The van der Waals surface area contributed by atoms with E-state index in [-0.39, 0.29) is 12.4 Å². The van der Waals surface area contributed by atoms with Gasteiger partial charge in [-0.15, -0.1) is 12.4 Å². The molecule has 11 heavy (non-hydrogen) atoms. The van der Waals surface area contributed by atoms with Crippen molar-refractivity contribution < 1.29 is 0 Å². The van der Waals surface area contributed by atoms with Crippen LogP contribution in [0.25, 0.3) is 0 Å². The molecule has 2 rings (SSSR count). The van der Waals surface area contributed by atoms with E-state index in [4.69, 9.17) is 11.6 Å². The standard InChI is InChI=1S/C7H7ClN2.ClH/c8-7-2-1-5-3-9-4-6(5)10-7;/h1-2,9H,3-4H2;1H. The number of nitrogens with zero attached hydrogens (tertiary/aromatic N) is 1. The summed E-state index contributed by atoms with van der Waals surface area (Å²) in [6.07, 6.45) is 0. The number of fused-ring (bicyclic) bond motifs is 1. The Morgan fingerprint density at radius 3 is 3.00 bits per heavy atom. The van der Waals surface area contributed by atoms with E-state index in [1.54, 1.807) is 0 Å². The zero-order valence-corrected chi connectivity index (χ0v) is 7.37. The molecule has 60 valence electrons. The van der Waals surface area contributed by atoms with Crippen LogP contribution in [0.4, 0.5) is 0 Å². The molecule has 0 aliphatic carbocycles. The number of pyridine rings is 1. The van der Waals surface area contributed by atoms with Crippen LogP contribution < -0.4 is 5.32 Å². The molecule has 4 heteroatoms. The third-order valence-corrected chi connectivity index (χ3v) is 1.85. The van der Waals surface area contributed by atoms with Gasteiger partial charge in [-0.3, -0.25) is 0 Å². The van der Waals surface area contributed by atoms with Crippen LogP contribution in [0, 0.1) is 0 Å². The van der Waals surface area contributed by atoms with Gasteiger partial charge in [0.2, 0.25) is 0 Å². The van der Waals surface area contributed by atoms with Gasteiger partial charge in [0.1, 0.15) is 5.15 Å². The van der Waals surface area contributed by atoms with E-state index >= 15 is 0 Å². The third-order valence-electron chi connectivity index (χ3n) is 1.64. The highest BCUT2D eigenvalue weighted by atomic mass is 35.5. The van der Waals surface area contributed by atoms with Crippen molar-refractivity contribution in [1.29, 1.82) is 0 Å². The van der Waals surface area contributed by atoms with Gasteiger partial charge in [-0.2, -0.15) is 0 Å². The van der Waals surface area contributed by atoms with Gasteiger partial charge >= 0.3 is 0 Å². The van der Waals surface area contributed by atoms with Crippen molar-refractivity contribution in [2.24, 2.45) is 0 Å². The number of nitrogens with one attached hydrogen (secondary N) is 1. The molecule has 1 aliphatic rings. The lowest BCUT2D eigenvalue weighted by Gasteiger charge is -1.94. The number of hydrogen-bond acceptors (Lipinski definition) is 2. The van der Waals surface area contributed by atoms with Crippen LogP contribution in [0.1, 0.15) is 11.3 Å². The molecule has 0 saturated carbocycles. The summed E-state index contributed by atoms with van der Waals surface area (Å²) in [5, 5.41) is 3.78. The lowest BCUT2D eigenvalue weighted by Crippen LogP contribution is -2.00. The van der Waals surface area contributed by atoms with E-state index in [9.17, 15) is 0 Å². The summed E-state index contributed by atoms with van der Waals surface area (Å²) in [7, 11) is 0. The summed E-state index contributed by atoms with van der Waals surface area (Å²) < 4.78 is 0. The van der Waals surface area contributed by atoms with Crippen LogP contribution >= 0.6 is 24.0 Å². The van der Waals surface area contributed by atoms with E-state index in [0.29, 0.717) is 5.15 Å². The molecule has 1 aliphatic heterocycles. The van der Waals surface area contributed by atoms with E-state index in [2.05, 4.69) is 10.3 Å². The molecule has 0 amide bonds. The first-order valence-electron chi connectivity index (χ1n) is 3.21. The first kappa shape index (κ1) is 8.78. The fraction of sp³-hybridized carbons (Fsp3) is 0.286. The molecule has 0 bridgehead atoms. The fourth-order valence-electron chi connectivity index (χ4n) is 1.13. The zero-order valence-electron chi connectivity index (χ0n) is 5.80. The van der Waals surface area contributed by atoms with Crippen molar-refractivity contribution in [2.75, 3.05) is 0 Å². The molecule has 2 heterocycles. The maximum Gasteiger partial charge on any atom is 0.129 e. The first-order chi connectivity index (χ1) is 4.86. The molecule has 0 saturated heterocycles. The van der Waals surface area contributed by atoms with Gasteiger partial charge in [-0.05, 0) is 11.6 Å². The predicted octanol–water partition coefficient (Wildman–Crippen LogP) is 1.76. The molecular formula is C7H8Cl2N2. The van der Waals surface area contributed by atoms with E-state index in [1.807, 2.05) is 12.1 Å². The van der Waals surface area contributed by atoms with Crippen LogP contribution in [0.15, 0.2) is 12.1 Å². The average Bonchev–Trinajstić information content (AvgIpc) is 2.33. The van der Waals surface area contributed by atoms with Gasteiger partial charge in [-0.1, -0.05) is 17.7 Å². The van der Waals surface area contributed by atoms with Crippen LogP contribution in [-0.2, 0) is 13.1 Å². The molecule has 1 N–H and O–H groups in total. The van der Waals surface area contributed by atoms with Crippen LogP contribution in [0.2, 0.25) is 5.15 Å². The number of halogens is 2. The average molecular weight is 191 g/mol. The van der Waals surface area contributed by atoms with Crippen LogP contribution in [-0.4, -0.2) is 4.98 Å². The molecule has 0 fully saturated rings. The number of hydrogen-bond donors (Lipinski definition) is 1. The van der Waals surface area contributed by atoms with Crippen LogP contribution in [0.3, 0.4) is 0 Å². The number of aromatic nitrogens is 1. The molecule has 0 radical (unpaired) electrons. The Hall–Kier alpha value is -0.310. The van der Waals surface area contributed by atoms with E-state index in [0.717, 1.165) is 18.8 Å². The van der Waals surface area contributed by atoms with Gasteiger partial charge < -0.3 is 5.32 Å². The molecule has 1 aromatic rings. The molecule has 0 aromatic carbocycles. The molecule has 0 spiro atoms. The maximum absolute atomic E-state index is 5.68. The van der Waals surface area contributed by atoms with E-state index in [1.165, 1.54) is 5.56 Å². The Bertz CT molecular complexity index is 263. The Kier molecular flexibility index (Phi) is 2.71. The Balaban J connectivity index is 0.000000605. The summed E-state index contributed by atoms with van der Waals surface area (Å²) in [4.78, 5) is 4.16. The minimum Gasteiger partial charge on any atom is -0.307 e. The van der Waals surface area contributed by atoms with Gasteiger partial charge in [0.25, 0.3) is 0 Å². The highest BCUT2D eigenvalue weighted by Crippen LogP contribution is 2.15. The van der Waals surface area contributed by atoms with Crippen molar-refractivity contribution in [3.8, 4) is 0 Å². The highest BCUT2D eigenvalue weighted by molar-refractivity contribution is 6.29. The first-order valence-corrected chi connectivity index (χ1v) is 3.59. The summed E-state index contributed by atoms with van der Waals surface area (Å²) in [5.74, 6) is 0. The van der Waals surface area contributed by atoms with E-state index < -0.39 is 0 Å². The van der Waals surface area contributed by atoms with Crippen molar-refractivity contribution in [2.45, 2.75) is 13.1 Å². The van der Waals surface area contributed by atoms with Crippen molar-refractivity contribution in [3.63, 3.8) is 0 Å². The largest absolute Gasteiger partial charge is 0.307 e. The summed E-state index contributed by atoms with van der Waals surface area (Å²) >= 11 is 5.68. The minimum atomic E-state index is 0. The summed E-state index contributed by atoms with van der Waals surface area (Å²) in [6.45, 7) is 1.79. The fourth-order valence-corrected chi connectivity index (χ4v) is 1.30. The Morgan fingerprint density at radius 2 is 2.18 bits per heavy atom. The third kappa shape index (κ3) is 1.64. The molecule has 1 aromatic heterocycles. The smallest absolute Gasteiger partial charge is 0.129 e. The molecule has 0 atom stereocenters. The van der Waals surface area contributed by atoms with Crippen LogP contribution in [0.5, 0.6) is 0 Å². The van der Waals surface area contributed by atoms with Crippen molar-refractivity contribution in [1.82, 2.24) is 10.3 Å². The van der Waals surface area contributed by atoms with Crippen molar-refractivity contribution >= 4 is 24.0 Å². The second kappa shape index (κ2) is 3.39. The van der Waals surface area contributed by atoms with Gasteiger partial charge in [0, 0.05) is 13.1 Å². The molecule has 0 unspecified atom stereocenters. The quantitative estimate of drug-likeness (QED) is 0.632. The second-order valence-corrected chi connectivity index (χ2v) is 2.73. The lowest BCUT2D eigenvalue weighted by molar-refractivity contribution is 0.757. The summed E-state index contributed by atoms with van der Waals surface area (Å²) in [5.41, 5.74) is 2.36. The monoisotopic (exact) mass is 190 g/mol. The normalized spacial score (nSPS) is 13.9. The Morgan fingerprint density at radius 1 is 1.36 bits per heavy atom. The zero-order chi connectivity index (χ0) is 6.97. The maximum atomic E-state index is 5.68. The number of rotatable bonds is 0. The highest BCUT2D eigenvalue weighted by Gasteiger charge is 2.10. The molecular weight excluding hydrogens is 183 g/mol. The second-order valence-electron chi connectivity index (χ2n) is 2.34. The topological polar surface area (TPSA) is 24.9 Å². The van der Waals surface area contributed by atoms with Gasteiger partial charge in [-0.25, -0.2) is 4.98 Å². The SMILES string of the molecule is Cl.Clc1ccc2c(n1)CNC2. The van der Waals surface area contributed by atoms with Crippen molar-refractivity contribution in [3.05, 3.63) is 28.5 Å². The molecule has 2 nitrogen and oxygen atoms in total. The minimum absolute atomic E-state index is 0. The lowest BCUT2D eigenvalue weighted by atomic mass is 10.2.